The van der Waals surface area contributed by atoms with Crippen molar-refractivity contribution in [2.24, 2.45) is 7.05 Å². The van der Waals surface area contributed by atoms with E-state index in [1.807, 2.05) is 24.3 Å². The Morgan fingerprint density at radius 2 is 2.08 bits per heavy atom. The molecule has 0 bridgehead atoms. The van der Waals surface area contributed by atoms with Crippen LogP contribution in [0.3, 0.4) is 0 Å². The molecule has 1 amide bonds. The van der Waals surface area contributed by atoms with Crippen LogP contribution >= 0.6 is 27.5 Å². The number of rotatable bonds is 5. The number of carbonyl (C=O) groups is 1. The molecule has 0 aliphatic carbocycles. The van der Waals surface area contributed by atoms with E-state index in [2.05, 4.69) is 31.4 Å². The van der Waals surface area contributed by atoms with Gasteiger partial charge in [-0.2, -0.15) is 10.2 Å². The molecule has 2 heterocycles. The molecule has 0 saturated heterocycles. The maximum atomic E-state index is 12.4. The van der Waals surface area contributed by atoms with Crippen LogP contribution in [-0.2, 0) is 13.8 Å². The summed E-state index contributed by atoms with van der Waals surface area (Å²) in [6.45, 7) is 1.97. The summed E-state index contributed by atoms with van der Waals surface area (Å²) < 4.78 is 9.63. The van der Waals surface area contributed by atoms with E-state index in [9.17, 15) is 4.79 Å². The lowest BCUT2D eigenvalue weighted by molar-refractivity contribution is 0.101. The van der Waals surface area contributed by atoms with Crippen LogP contribution in [0.5, 0.6) is 5.75 Å². The van der Waals surface area contributed by atoms with Gasteiger partial charge in [0.05, 0.1) is 28.8 Å². The molecule has 130 valence electrons. The smallest absolute Gasteiger partial charge is 0.275 e. The number of hydrogen-bond acceptors (Lipinski definition) is 4. The van der Waals surface area contributed by atoms with Crippen molar-refractivity contribution in [3.05, 3.63) is 57.5 Å². The van der Waals surface area contributed by atoms with Crippen molar-refractivity contribution in [1.82, 2.24) is 19.6 Å². The van der Waals surface area contributed by atoms with Crippen molar-refractivity contribution >= 4 is 39.1 Å². The molecule has 0 unspecified atom stereocenters. The monoisotopic (exact) mass is 423 g/mol. The highest BCUT2D eigenvalue weighted by molar-refractivity contribution is 9.10. The van der Waals surface area contributed by atoms with Gasteiger partial charge >= 0.3 is 0 Å². The maximum Gasteiger partial charge on any atom is 0.275 e. The molecule has 0 saturated carbocycles. The summed E-state index contributed by atoms with van der Waals surface area (Å²) in [7, 11) is 1.67. The number of amides is 1. The largest absolute Gasteiger partial charge is 0.471 e. The van der Waals surface area contributed by atoms with E-state index in [1.165, 1.54) is 4.68 Å². The van der Waals surface area contributed by atoms with Crippen LogP contribution < -0.4 is 10.1 Å². The molecule has 7 nitrogen and oxygen atoms in total. The van der Waals surface area contributed by atoms with Crippen LogP contribution in [0.25, 0.3) is 0 Å². The summed E-state index contributed by atoms with van der Waals surface area (Å²) in [5.74, 6) is 0.378. The first-order valence-electron chi connectivity index (χ1n) is 7.35. The van der Waals surface area contributed by atoms with Gasteiger partial charge in [0.25, 0.3) is 5.91 Å². The summed E-state index contributed by atoms with van der Waals surface area (Å²) in [6.07, 6.45) is 3.22. The van der Waals surface area contributed by atoms with Gasteiger partial charge in [-0.25, -0.2) is 4.68 Å². The van der Waals surface area contributed by atoms with E-state index >= 15 is 0 Å². The number of halogens is 2. The number of benzene rings is 1. The van der Waals surface area contributed by atoms with Gasteiger partial charge in [0.1, 0.15) is 11.4 Å². The summed E-state index contributed by atoms with van der Waals surface area (Å²) in [5.41, 5.74) is 1.45. The van der Waals surface area contributed by atoms with Gasteiger partial charge in [0.2, 0.25) is 0 Å². The Morgan fingerprint density at radius 1 is 1.36 bits per heavy atom. The van der Waals surface area contributed by atoms with Crippen LogP contribution in [-0.4, -0.2) is 25.5 Å². The van der Waals surface area contributed by atoms with Crippen LogP contribution in [0.15, 0.2) is 41.1 Å². The minimum absolute atomic E-state index is 0.225. The van der Waals surface area contributed by atoms with Crippen LogP contribution in [0.2, 0.25) is 5.02 Å². The molecule has 1 aromatic carbocycles. The lowest BCUT2D eigenvalue weighted by Crippen LogP contribution is -2.16. The van der Waals surface area contributed by atoms with Crippen LogP contribution in [0.4, 0.5) is 5.69 Å². The summed E-state index contributed by atoms with van der Waals surface area (Å²) in [6, 6.07) is 7.49. The second kappa shape index (κ2) is 7.28. The van der Waals surface area contributed by atoms with Crippen molar-refractivity contribution < 1.29 is 9.53 Å². The van der Waals surface area contributed by atoms with Gasteiger partial charge in [-0.1, -0.05) is 27.5 Å². The van der Waals surface area contributed by atoms with E-state index < -0.39 is 0 Å². The third kappa shape index (κ3) is 4.02. The Hall–Kier alpha value is -2.32. The Balaban J connectivity index is 1.63. The van der Waals surface area contributed by atoms with Gasteiger partial charge in [-0.15, -0.1) is 0 Å². The molecule has 1 N–H and O–H groups in total. The fourth-order valence-corrected chi connectivity index (χ4v) is 2.75. The minimum Gasteiger partial charge on any atom is -0.471 e. The van der Waals surface area contributed by atoms with Crippen LogP contribution in [0, 0.1) is 6.92 Å². The first kappa shape index (κ1) is 17.5. The fourth-order valence-electron chi connectivity index (χ4n) is 2.24. The van der Waals surface area contributed by atoms with Gasteiger partial charge in [-0.05, 0) is 31.2 Å². The summed E-state index contributed by atoms with van der Waals surface area (Å²) in [5, 5.41) is 11.4. The Bertz CT molecular complexity index is 904. The van der Waals surface area contributed by atoms with Crippen molar-refractivity contribution in [1.29, 1.82) is 0 Å². The van der Waals surface area contributed by atoms with Crippen molar-refractivity contribution in [3.8, 4) is 5.75 Å². The molecule has 0 aliphatic heterocycles. The lowest BCUT2D eigenvalue weighted by atomic mass is 10.3. The maximum absolute atomic E-state index is 12.4. The van der Waals surface area contributed by atoms with E-state index in [-0.39, 0.29) is 12.6 Å². The van der Waals surface area contributed by atoms with Crippen molar-refractivity contribution in [2.45, 2.75) is 13.7 Å². The van der Waals surface area contributed by atoms with E-state index in [0.29, 0.717) is 22.1 Å². The predicted molar refractivity (Wildman–Crippen MR) is 97.9 cm³/mol. The van der Waals surface area contributed by atoms with E-state index in [0.717, 1.165) is 10.2 Å². The standard InChI is InChI=1S/C16H15BrClN5O2/c1-10-14(18)15(22(2)21-10)16(24)20-12-7-19-23(8-12)9-25-13-5-3-11(17)4-6-13/h3-8H,9H2,1-2H3,(H,20,24). The van der Waals surface area contributed by atoms with Gasteiger partial charge in [0, 0.05) is 11.5 Å². The van der Waals surface area contributed by atoms with Gasteiger partial charge in [0.15, 0.2) is 6.73 Å². The Labute approximate surface area is 157 Å². The molecule has 0 radical (unpaired) electrons. The van der Waals surface area contributed by atoms with Gasteiger partial charge < -0.3 is 10.1 Å². The fraction of sp³-hybridized carbons (Fsp3) is 0.188. The number of anilines is 1. The third-order valence-corrected chi connectivity index (χ3v) is 4.41. The third-order valence-electron chi connectivity index (χ3n) is 3.43. The molecular formula is C16H15BrClN5O2. The Morgan fingerprint density at radius 3 is 2.72 bits per heavy atom. The average molecular weight is 425 g/mol. The highest BCUT2D eigenvalue weighted by Gasteiger charge is 2.19. The highest BCUT2D eigenvalue weighted by Crippen LogP contribution is 2.21. The predicted octanol–water partition coefficient (Wildman–Crippen LogP) is 3.63. The molecule has 25 heavy (non-hydrogen) atoms. The molecule has 2 aromatic heterocycles. The molecule has 0 aliphatic rings. The first-order valence-corrected chi connectivity index (χ1v) is 8.52. The Kier molecular flexibility index (Phi) is 5.10. The van der Waals surface area contributed by atoms with E-state index in [4.69, 9.17) is 16.3 Å². The zero-order chi connectivity index (χ0) is 18.0. The second-order valence-corrected chi connectivity index (χ2v) is 6.62. The number of nitrogens with zero attached hydrogens (tertiary/aromatic N) is 4. The normalized spacial score (nSPS) is 10.7. The average Bonchev–Trinajstić information content (AvgIpc) is 3.11. The topological polar surface area (TPSA) is 74.0 Å². The van der Waals surface area contributed by atoms with E-state index in [1.54, 1.807) is 31.0 Å². The molecule has 0 atom stereocenters. The zero-order valence-corrected chi connectivity index (χ0v) is 15.9. The SMILES string of the molecule is Cc1nn(C)c(C(=O)Nc2cnn(COc3ccc(Br)cc3)c2)c1Cl. The summed E-state index contributed by atoms with van der Waals surface area (Å²) >= 11 is 9.49. The summed E-state index contributed by atoms with van der Waals surface area (Å²) in [4.78, 5) is 12.4. The quantitative estimate of drug-likeness (QED) is 0.679. The highest BCUT2D eigenvalue weighted by atomic mass is 79.9. The van der Waals surface area contributed by atoms with Crippen molar-refractivity contribution in [3.63, 3.8) is 0 Å². The molecular weight excluding hydrogens is 410 g/mol. The second-order valence-electron chi connectivity index (χ2n) is 5.32. The molecule has 9 heteroatoms. The number of aryl methyl sites for hydroxylation is 2. The number of nitrogens with one attached hydrogen (secondary N) is 1. The molecule has 0 spiro atoms. The van der Waals surface area contributed by atoms with Gasteiger partial charge in [-0.3, -0.25) is 9.48 Å². The molecule has 3 rings (SSSR count). The van der Waals surface area contributed by atoms with Crippen LogP contribution in [0.1, 0.15) is 16.2 Å². The van der Waals surface area contributed by atoms with Crippen molar-refractivity contribution in [2.75, 3.05) is 5.32 Å². The number of carbonyl (C=O) groups excluding carboxylic acids is 1. The minimum atomic E-state index is -0.346. The zero-order valence-electron chi connectivity index (χ0n) is 13.5. The molecule has 3 aromatic rings. The number of aromatic nitrogens is 4. The number of hydrogen-bond donors (Lipinski definition) is 1. The number of ether oxygens (including phenoxy) is 1. The molecule has 0 fully saturated rings. The first-order chi connectivity index (χ1) is 11.9. The lowest BCUT2D eigenvalue weighted by Gasteiger charge is -2.06.